The summed E-state index contributed by atoms with van der Waals surface area (Å²) < 4.78 is 0. The summed E-state index contributed by atoms with van der Waals surface area (Å²) in [5.41, 5.74) is 3.69. The van der Waals surface area contributed by atoms with E-state index in [9.17, 15) is 9.59 Å². The molecule has 1 unspecified atom stereocenters. The molecule has 0 aliphatic carbocycles. The first-order valence-corrected chi connectivity index (χ1v) is 7.31. The van der Waals surface area contributed by atoms with Crippen LogP contribution in [0.15, 0.2) is 48.5 Å². The molecule has 2 amide bonds. The van der Waals surface area contributed by atoms with Gasteiger partial charge in [-0.05, 0) is 43.7 Å². The summed E-state index contributed by atoms with van der Waals surface area (Å²) in [6, 6.07) is 14.7. The number of benzene rings is 2. The van der Waals surface area contributed by atoms with E-state index in [-0.39, 0.29) is 18.2 Å². The molecule has 1 saturated heterocycles. The maximum atomic E-state index is 12.5. The van der Waals surface area contributed by atoms with Crippen molar-refractivity contribution in [3.63, 3.8) is 0 Å². The number of imide groups is 1. The van der Waals surface area contributed by atoms with Crippen LogP contribution in [0.2, 0.25) is 0 Å². The highest BCUT2D eigenvalue weighted by molar-refractivity contribution is 6.23. The zero-order chi connectivity index (χ0) is 15.7. The zero-order valence-corrected chi connectivity index (χ0v) is 12.7. The average Bonchev–Trinajstić information content (AvgIpc) is 2.75. The van der Waals surface area contributed by atoms with Gasteiger partial charge >= 0.3 is 0 Å². The minimum absolute atomic E-state index is 0.168. The largest absolute Gasteiger partial charge is 0.373 e. The molecule has 22 heavy (non-hydrogen) atoms. The average molecular weight is 294 g/mol. The van der Waals surface area contributed by atoms with Crippen molar-refractivity contribution in [3.8, 4) is 0 Å². The summed E-state index contributed by atoms with van der Waals surface area (Å²) in [6.07, 6.45) is 0.181. The number of anilines is 2. The molecular weight excluding hydrogens is 276 g/mol. The maximum absolute atomic E-state index is 12.5. The molecule has 1 atom stereocenters. The van der Waals surface area contributed by atoms with E-state index >= 15 is 0 Å². The van der Waals surface area contributed by atoms with Crippen LogP contribution in [0, 0.1) is 13.8 Å². The van der Waals surface area contributed by atoms with Gasteiger partial charge < -0.3 is 5.32 Å². The Balaban J connectivity index is 1.81. The lowest BCUT2D eigenvalue weighted by atomic mass is 10.2. The van der Waals surface area contributed by atoms with Crippen molar-refractivity contribution in [2.45, 2.75) is 26.3 Å². The number of nitrogens with zero attached hydrogens (tertiary/aromatic N) is 1. The number of carbonyl (C=O) groups excluding carboxylic acids is 2. The third-order valence-electron chi connectivity index (χ3n) is 3.80. The smallest absolute Gasteiger partial charge is 0.256 e. The van der Waals surface area contributed by atoms with Gasteiger partial charge in [-0.3, -0.25) is 9.59 Å². The van der Waals surface area contributed by atoms with E-state index in [1.165, 1.54) is 4.90 Å². The van der Waals surface area contributed by atoms with Crippen molar-refractivity contribution >= 4 is 23.2 Å². The first kappa shape index (κ1) is 14.3. The van der Waals surface area contributed by atoms with Crippen LogP contribution in [0.3, 0.4) is 0 Å². The van der Waals surface area contributed by atoms with Crippen molar-refractivity contribution in [1.82, 2.24) is 0 Å². The molecule has 1 heterocycles. The van der Waals surface area contributed by atoms with Crippen molar-refractivity contribution in [3.05, 3.63) is 59.7 Å². The highest BCUT2D eigenvalue weighted by Crippen LogP contribution is 2.25. The minimum Gasteiger partial charge on any atom is -0.373 e. The van der Waals surface area contributed by atoms with Gasteiger partial charge in [0.15, 0.2) is 0 Å². The second-order valence-electron chi connectivity index (χ2n) is 5.67. The third-order valence-corrected chi connectivity index (χ3v) is 3.80. The Morgan fingerprint density at radius 2 is 1.73 bits per heavy atom. The number of nitrogens with one attached hydrogen (secondary N) is 1. The van der Waals surface area contributed by atoms with Gasteiger partial charge in [0.05, 0.1) is 12.1 Å². The van der Waals surface area contributed by atoms with E-state index in [4.69, 9.17) is 0 Å². The van der Waals surface area contributed by atoms with E-state index in [0.717, 1.165) is 16.8 Å². The van der Waals surface area contributed by atoms with E-state index in [0.29, 0.717) is 5.69 Å². The van der Waals surface area contributed by atoms with Crippen molar-refractivity contribution in [1.29, 1.82) is 0 Å². The highest BCUT2D eigenvalue weighted by atomic mass is 16.2. The minimum atomic E-state index is -0.504. The fourth-order valence-corrected chi connectivity index (χ4v) is 2.65. The number of hydrogen-bond acceptors (Lipinski definition) is 3. The highest BCUT2D eigenvalue weighted by Gasteiger charge is 2.39. The first-order valence-electron chi connectivity index (χ1n) is 7.31. The molecule has 2 aromatic carbocycles. The fraction of sp³-hybridized carbons (Fsp3) is 0.222. The van der Waals surface area contributed by atoms with Crippen LogP contribution in [-0.4, -0.2) is 17.9 Å². The van der Waals surface area contributed by atoms with Crippen LogP contribution >= 0.6 is 0 Å². The standard InChI is InChI=1S/C18H18N2O2/c1-12-6-8-15(9-7-12)20-17(21)11-16(18(20)22)19-14-5-3-4-13(2)10-14/h3-10,16,19H,11H2,1-2H3. The molecule has 4 nitrogen and oxygen atoms in total. The second kappa shape index (κ2) is 5.64. The molecule has 4 heteroatoms. The SMILES string of the molecule is Cc1ccc(N2C(=O)CC(Nc3cccc(C)c3)C2=O)cc1. The van der Waals surface area contributed by atoms with Crippen LogP contribution in [0.25, 0.3) is 0 Å². The van der Waals surface area contributed by atoms with Crippen LogP contribution < -0.4 is 10.2 Å². The quantitative estimate of drug-likeness (QED) is 0.885. The van der Waals surface area contributed by atoms with Gasteiger partial charge in [-0.1, -0.05) is 29.8 Å². The molecule has 1 N–H and O–H groups in total. The van der Waals surface area contributed by atoms with Gasteiger partial charge in [-0.15, -0.1) is 0 Å². The van der Waals surface area contributed by atoms with E-state index in [2.05, 4.69) is 5.32 Å². The Bertz CT molecular complexity index is 722. The Morgan fingerprint density at radius 3 is 2.41 bits per heavy atom. The molecule has 1 aliphatic rings. The molecule has 1 fully saturated rings. The molecule has 112 valence electrons. The second-order valence-corrected chi connectivity index (χ2v) is 5.67. The normalized spacial score (nSPS) is 17.9. The van der Waals surface area contributed by atoms with Crippen LogP contribution in [0.5, 0.6) is 0 Å². The van der Waals surface area contributed by atoms with Gasteiger partial charge in [0.2, 0.25) is 5.91 Å². The molecule has 0 radical (unpaired) electrons. The van der Waals surface area contributed by atoms with Crippen LogP contribution in [0.4, 0.5) is 11.4 Å². The lowest BCUT2D eigenvalue weighted by molar-refractivity contribution is -0.121. The Kier molecular flexibility index (Phi) is 3.67. The predicted molar refractivity (Wildman–Crippen MR) is 86.9 cm³/mol. The van der Waals surface area contributed by atoms with Gasteiger partial charge in [-0.25, -0.2) is 4.90 Å². The van der Waals surface area contributed by atoms with E-state index in [1.807, 2.05) is 50.2 Å². The molecule has 3 rings (SSSR count). The van der Waals surface area contributed by atoms with Gasteiger partial charge in [0.1, 0.15) is 6.04 Å². The topological polar surface area (TPSA) is 49.4 Å². The molecule has 0 aromatic heterocycles. The van der Waals surface area contributed by atoms with Gasteiger partial charge in [0.25, 0.3) is 5.91 Å². The van der Waals surface area contributed by atoms with E-state index < -0.39 is 6.04 Å². The monoisotopic (exact) mass is 294 g/mol. The molecule has 0 bridgehead atoms. The lowest BCUT2D eigenvalue weighted by Crippen LogP contribution is -2.34. The fourth-order valence-electron chi connectivity index (χ4n) is 2.65. The molecular formula is C18H18N2O2. The number of rotatable bonds is 3. The molecule has 0 spiro atoms. The van der Waals surface area contributed by atoms with Crippen molar-refractivity contribution < 1.29 is 9.59 Å². The summed E-state index contributed by atoms with van der Waals surface area (Å²) in [5.74, 6) is -0.366. The number of carbonyl (C=O) groups is 2. The summed E-state index contributed by atoms with van der Waals surface area (Å²) in [5, 5.41) is 3.16. The number of aryl methyl sites for hydroxylation is 2. The number of hydrogen-bond donors (Lipinski definition) is 1. The van der Waals surface area contributed by atoms with Crippen molar-refractivity contribution in [2.75, 3.05) is 10.2 Å². The first-order chi connectivity index (χ1) is 10.5. The predicted octanol–water partition coefficient (Wildman–Crippen LogP) is 3.05. The van der Waals surface area contributed by atoms with Gasteiger partial charge in [0, 0.05) is 5.69 Å². The lowest BCUT2D eigenvalue weighted by Gasteiger charge is -2.16. The Hall–Kier alpha value is -2.62. The number of amides is 2. The van der Waals surface area contributed by atoms with E-state index in [1.54, 1.807) is 12.1 Å². The zero-order valence-electron chi connectivity index (χ0n) is 12.7. The van der Waals surface area contributed by atoms with Crippen LogP contribution in [-0.2, 0) is 9.59 Å². The Labute approximate surface area is 129 Å². The van der Waals surface area contributed by atoms with Crippen molar-refractivity contribution in [2.24, 2.45) is 0 Å². The summed E-state index contributed by atoms with van der Waals surface area (Å²) in [4.78, 5) is 26.0. The van der Waals surface area contributed by atoms with Gasteiger partial charge in [-0.2, -0.15) is 0 Å². The maximum Gasteiger partial charge on any atom is 0.256 e. The van der Waals surface area contributed by atoms with Crippen LogP contribution in [0.1, 0.15) is 17.5 Å². The summed E-state index contributed by atoms with van der Waals surface area (Å²) >= 11 is 0. The third kappa shape index (κ3) is 2.72. The molecule has 2 aromatic rings. The Morgan fingerprint density at radius 1 is 1.00 bits per heavy atom. The molecule has 1 aliphatic heterocycles. The molecule has 0 saturated carbocycles. The summed E-state index contributed by atoms with van der Waals surface area (Å²) in [6.45, 7) is 3.96. The summed E-state index contributed by atoms with van der Waals surface area (Å²) in [7, 11) is 0.